The van der Waals surface area contributed by atoms with Crippen molar-refractivity contribution in [2.45, 2.75) is 19.4 Å². The van der Waals surface area contributed by atoms with Gasteiger partial charge >= 0.3 is 0 Å². The van der Waals surface area contributed by atoms with E-state index in [4.69, 9.17) is 5.11 Å². The smallest absolute Gasteiger partial charge is 0.257 e. The van der Waals surface area contributed by atoms with Crippen LogP contribution in [0.15, 0.2) is 18.2 Å². The molecule has 86 valence electrons. The summed E-state index contributed by atoms with van der Waals surface area (Å²) in [6, 6.07) is 5.18. The number of likely N-dealkylation sites (tertiary alicyclic amines) is 1. The fourth-order valence-electron chi connectivity index (χ4n) is 1.84. The monoisotopic (exact) mass is 221 g/mol. The van der Waals surface area contributed by atoms with Gasteiger partial charge in [-0.25, -0.2) is 0 Å². The van der Waals surface area contributed by atoms with Crippen molar-refractivity contribution in [1.29, 1.82) is 0 Å². The fourth-order valence-corrected chi connectivity index (χ4v) is 1.84. The number of hydrogen-bond acceptors (Lipinski definition) is 3. The minimum absolute atomic E-state index is 0.0661. The highest BCUT2D eigenvalue weighted by molar-refractivity contribution is 5.97. The van der Waals surface area contributed by atoms with Crippen LogP contribution >= 0.6 is 0 Å². The summed E-state index contributed by atoms with van der Waals surface area (Å²) in [5.74, 6) is -0.144. The van der Waals surface area contributed by atoms with Crippen LogP contribution in [0.25, 0.3) is 0 Å². The predicted octanol–water partition coefficient (Wildman–Crippen LogP) is 0.771. The quantitative estimate of drug-likeness (QED) is 0.775. The van der Waals surface area contributed by atoms with E-state index in [0.29, 0.717) is 25.1 Å². The number of β-amino-alcohol motifs (C(OH)–C–C–N with tert-alkyl or cyclic N) is 1. The van der Waals surface area contributed by atoms with Crippen LogP contribution in [0.5, 0.6) is 5.75 Å². The summed E-state index contributed by atoms with van der Waals surface area (Å²) in [7, 11) is 0. The number of aromatic hydroxyl groups is 1. The van der Waals surface area contributed by atoms with Crippen LogP contribution in [0.1, 0.15) is 22.8 Å². The van der Waals surface area contributed by atoms with E-state index in [9.17, 15) is 9.90 Å². The number of rotatable bonds is 2. The van der Waals surface area contributed by atoms with Gasteiger partial charge in [0.2, 0.25) is 0 Å². The zero-order chi connectivity index (χ0) is 11.7. The Bertz CT molecular complexity index is 411. The van der Waals surface area contributed by atoms with Gasteiger partial charge in [0.1, 0.15) is 5.75 Å². The van der Waals surface area contributed by atoms with Crippen molar-refractivity contribution in [3.8, 4) is 5.75 Å². The first-order valence-electron chi connectivity index (χ1n) is 5.41. The molecule has 0 unspecified atom stereocenters. The minimum atomic E-state index is -0.416. The lowest BCUT2D eigenvalue weighted by Gasteiger charge is -2.36. The molecule has 1 heterocycles. The molecule has 0 spiro atoms. The summed E-state index contributed by atoms with van der Waals surface area (Å²) < 4.78 is 0. The molecule has 0 saturated carbocycles. The molecule has 1 aliphatic rings. The number of aliphatic hydroxyl groups excluding tert-OH is 1. The molecule has 2 rings (SSSR count). The summed E-state index contributed by atoms with van der Waals surface area (Å²) in [5, 5.41) is 19.0. The third-order valence-corrected chi connectivity index (χ3v) is 2.88. The molecule has 4 nitrogen and oxygen atoms in total. The van der Waals surface area contributed by atoms with Crippen LogP contribution in [0.3, 0.4) is 0 Å². The first-order chi connectivity index (χ1) is 7.63. The van der Waals surface area contributed by atoms with E-state index in [2.05, 4.69) is 0 Å². The SMILES string of the molecule is CCc1cccc(C(=O)N2CC(O)C2)c1O. The van der Waals surface area contributed by atoms with Gasteiger partial charge in [-0.2, -0.15) is 0 Å². The van der Waals surface area contributed by atoms with E-state index in [1.807, 2.05) is 6.92 Å². The third-order valence-electron chi connectivity index (χ3n) is 2.88. The lowest BCUT2D eigenvalue weighted by molar-refractivity contribution is 0.00570. The first-order valence-corrected chi connectivity index (χ1v) is 5.41. The number of aryl methyl sites for hydroxylation is 1. The standard InChI is InChI=1S/C12H15NO3/c1-2-8-4-3-5-10(11(8)15)12(16)13-6-9(14)7-13/h3-5,9,14-15H,2,6-7H2,1H3. The molecular weight excluding hydrogens is 206 g/mol. The van der Waals surface area contributed by atoms with Crippen molar-refractivity contribution in [3.05, 3.63) is 29.3 Å². The predicted molar refractivity (Wildman–Crippen MR) is 59.4 cm³/mol. The zero-order valence-electron chi connectivity index (χ0n) is 9.18. The van der Waals surface area contributed by atoms with Crippen molar-refractivity contribution in [1.82, 2.24) is 4.90 Å². The van der Waals surface area contributed by atoms with Crippen LogP contribution in [0, 0.1) is 0 Å². The maximum atomic E-state index is 11.9. The third kappa shape index (κ3) is 1.76. The number of hydrogen-bond donors (Lipinski definition) is 2. The van der Waals surface area contributed by atoms with Gasteiger partial charge in [-0.1, -0.05) is 19.1 Å². The Labute approximate surface area is 94.1 Å². The van der Waals surface area contributed by atoms with Gasteiger partial charge in [-0.15, -0.1) is 0 Å². The molecule has 0 atom stereocenters. The fraction of sp³-hybridized carbons (Fsp3) is 0.417. The normalized spacial score (nSPS) is 16.0. The van der Waals surface area contributed by atoms with E-state index in [1.54, 1.807) is 18.2 Å². The number of carbonyl (C=O) groups excluding carboxylic acids is 1. The Morgan fingerprint density at radius 3 is 2.75 bits per heavy atom. The van der Waals surface area contributed by atoms with E-state index in [1.165, 1.54) is 4.90 Å². The Balaban J connectivity index is 2.23. The molecule has 1 amide bonds. The Kier molecular flexibility index (Phi) is 2.83. The first kappa shape index (κ1) is 11.0. The number of aliphatic hydroxyl groups is 1. The summed E-state index contributed by atoms with van der Waals surface area (Å²) in [4.78, 5) is 13.4. The number of benzene rings is 1. The molecule has 0 bridgehead atoms. The van der Waals surface area contributed by atoms with E-state index >= 15 is 0 Å². The van der Waals surface area contributed by atoms with Gasteiger partial charge in [-0.05, 0) is 18.1 Å². The molecule has 0 aliphatic carbocycles. The molecular formula is C12H15NO3. The van der Waals surface area contributed by atoms with Crippen LogP contribution in [-0.4, -0.2) is 40.2 Å². The number of carbonyl (C=O) groups is 1. The second kappa shape index (κ2) is 4.14. The maximum absolute atomic E-state index is 11.9. The van der Waals surface area contributed by atoms with Crippen molar-refractivity contribution >= 4 is 5.91 Å². The number of phenolic OH excluding ortho intramolecular Hbond substituents is 1. The van der Waals surface area contributed by atoms with E-state index in [-0.39, 0.29) is 11.7 Å². The summed E-state index contributed by atoms with van der Waals surface area (Å²) >= 11 is 0. The van der Waals surface area contributed by atoms with Crippen molar-refractivity contribution < 1.29 is 15.0 Å². The summed E-state index contributed by atoms with van der Waals surface area (Å²) in [5.41, 5.74) is 1.10. The van der Waals surface area contributed by atoms with Gasteiger partial charge in [0.15, 0.2) is 0 Å². The average Bonchev–Trinajstić information content (AvgIpc) is 2.24. The largest absolute Gasteiger partial charge is 0.507 e. The molecule has 2 N–H and O–H groups in total. The minimum Gasteiger partial charge on any atom is -0.507 e. The van der Waals surface area contributed by atoms with Crippen LogP contribution in [0.4, 0.5) is 0 Å². The highest BCUT2D eigenvalue weighted by Crippen LogP contribution is 2.25. The van der Waals surface area contributed by atoms with Crippen LogP contribution in [-0.2, 0) is 6.42 Å². The van der Waals surface area contributed by atoms with E-state index in [0.717, 1.165) is 5.56 Å². The Morgan fingerprint density at radius 1 is 1.50 bits per heavy atom. The van der Waals surface area contributed by atoms with Gasteiger partial charge in [0, 0.05) is 13.1 Å². The Morgan fingerprint density at radius 2 is 2.19 bits per heavy atom. The second-order valence-electron chi connectivity index (χ2n) is 4.03. The lowest BCUT2D eigenvalue weighted by Crippen LogP contribution is -2.53. The molecule has 1 aromatic carbocycles. The molecule has 1 aliphatic heterocycles. The number of phenols is 1. The summed E-state index contributed by atoms with van der Waals surface area (Å²) in [6.07, 6.45) is 0.274. The maximum Gasteiger partial charge on any atom is 0.257 e. The number of nitrogens with zero attached hydrogens (tertiary/aromatic N) is 1. The van der Waals surface area contributed by atoms with Gasteiger partial charge < -0.3 is 15.1 Å². The highest BCUT2D eigenvalue weighted by atomic mass is 16.3. The topological polar surface area (TPSA) is 60.8 Å². The summed E-state index contributed by atoms with van der Waals surface area (Å²) in [6.45, 7) is 2.64. The van der Waals surface area contributed by atoms with Crippen LogP contribution in [0.2, 0.25) is 0 Å². The molecule has 16 heavy (non-hydrogen) atoms. The molecule has 0 radical (unpaired) electrons. The van der Waals surface area contributed by atoms with Crippen molar-refractivity contribution in [2.75, 3.05) is 13.1 Å². The van der Waals surface area contributed by atoms with Gasteiger partial charge in [0.25, 0.3) is 5.91 Å². The number of para-hydroxylation sites is 1. The Hall–Kier alpha value is -1.55. The molecule has 1 fully saturated rings. The zero-order valence-corrected chi connectivity index (χ0v) is 9.18. The second-order valence-corrected chi connectivity index (χ2v) is 4.03. The van der Waals surface area contributed by atoms with Crippen LogP contribution < -0.4 is 0 Å². The molecule has 1 aromatic rings. The average molecular weight is 221 g/mol. The van der Waals surface area contributed by atoms with Gasteiger partial charge in [0.05, 0.1) is 11.7 Å². The van der Waals surface area contributed by atoms with Gasteiger partial charge in [-0.3, -0.25) is 4.79 Å². The molecule has 1 saturated heterocycles. The molecule has 4 heteroatoms. The highest BCUT2D eigenvalue weighted by Gasteiger charge is 2.30. The molecule has 0 aromatic heterocycles. The lowest BCUT2D eigenvalue weighted by atomic mass is 10.0. The van der Waals surface area contributed by atoms with Crippen molar-refractivity contribution in [3.63, 3.8) is 0 Å². The number of amides is 1. The van der Waals surface area contributed by atoms with Crippen molar-refractivity contribution in [2.24, 2.45) is 0 Å². The van der Waals surface area contributed by atoms with E-state index < -0.39 is 6.10 Å².